The predicted octanol–water partition coefficient (Wildman–Crippen LogP) is 1.50. The summed E-state index contributed by atoms with van der Waals surface area (Å²) in [5, 5.41) is 6.35. The fourth-order valence-corrected chi connectivity index (χ4v) is 3.03. The standard InChI is InChI=1S/C16H25N3OS/c1-14-3-5-15(6-4-14)21-13-16(20)18-7-2-10-19-11-8-17-9-12-19/h3-6,17H,2,7-13H2,1H3,(H,18,20). The summed E-state index contributed by atoms with van der Waals surface area (Å²) in [6.07, 6.45) is 1.03. The number of nitrogens with one attached hydrogen (secondary N) is 2. The minimum Gasteiger partial charge on any atom is -0.355 e. The van der Waals surface area contributed by atoms with Gasteiger partial charge in [0.25, 0.3) is 0 Å². The third kappa shape index (κ3) is 6.50. The summed E-state index contributed by atoms with van der Waals surface area (Å²) in [7, 11) is 0. The van der Waals surface area contributed by atoms with E-state index in [1.54, 1.807) is 11.8 Å². The van der Waals surface area contributed by atoms with Crippen molar-refractivity contribution in [1.82, 2.24) is 15.5 Å². The van der Waals surface area contributed by atoms with Crippen LogP contribution < -0.4 is 10.6 Å². The molecule has 1 aromatic carbocycles. The smallest absolute Gasteiger partial charge is 0.230 e. The summed E-state index contributed by atoms with van der Waals surface area (Å²) in [5.74, 6) is 0.623. The highest BCUT2D eigenvalue weighted by Gasteiger charge is 2.08. The highest BCUT2D eigenvalue weighted by Crippen LogP contribution is 2.17. The highest BCUT2D eigenvalue weighted by atomic mass is 32.2. The van der Waals surface area contributed by atoms with E-state index in [-0.39, 0.29) is 5.91 Å². The van der Waals surface area contributed by atoms with E-state index in [0.717, 1.165) is 50.6 Å². The zero-order valence-electron chi connectivity index (χ0n) is 12.7. The Balaban J connectivity index is 1.54. The Hall–Kier alpha value is -1.04. The number of rotatable bonds is 7. The minimum atomic E-state index is 0.126. The van der Waals surface area contributed by atoms with Crippen molar-refractivity contribution in [2.24, 2.45) is 0 Å². The van der Waals surface area contributed by atoms with Gasteiger partial charge in [-0.1, -0.05) is 17.7 Å². The fraction of sp³-hybridized carbons (Fsp3) is 0.562. The second-order valence-corrected chi connectivity index (χ2v) is 6.45. The zero-order valence-corrected chi connectivity index (χ0v) is 13.5. The van der Waals surface area contributed by atoms with E-state index in [0.29, 0.717) is 5.75 Å². The van der Waals surface area contributed by atoms with Crippen LogP contribution in [0.5, 0.6) is 0 Å². The van der Waals surface area contributed by atoms with Crippen molar-refractivity contribution in [3.8, 4) is 0 Å². The number of carbonyl (C=O) groups excluding carboxylic acids is 1. The lowest BCUT2D eigenvalue weighted by Gasteiger charge is -2.27. The van der Waals surface area contributed by atoms with Gasteiger partial charge < -0.3 is 15.5 Å². The van der Waals surface area contributed by atoms with Crippen LogP contribution in [0.15, 0.2) is 29.2 Å². The van der Waals surface area contributed by atoms with Crippen molar-refractivity contribution < 1.29 is 4.79 Å². The molecule has 1 heterocycles. The first-order valence-corrected chi connectivity index (χ1v) is 8.62. The van der Waals surface area contributed by atoms with Crippen LogP contribution in [0, 0.1) is 6.92 Å². The van der Waals surface area contributed by atoms with Crippen LogP contribution in [0.25, 0.3) is 0 Å². The summed E-state index contributed by atoms with van der Waals surface area (Å²) in [6.45, 7) is 8.33. The summed E-state index contributed by atoms with van der Waals surface area (Å²) < 4.78 is 0. The van der Waals surface area contributed by atoms with Gasteiger partial charge in [0.1, 0.15) is 0 Å². The molecule has 2 rings (SSSR count). The maximum atomic E-state index is 11.8. The van der Waals surface area contributed by atoms with Crippen LogP contribution in [0.4, 0.5) is 0 Å². The summed E-state index contributed by atoms with van der Waals surface area (Å²) in [6, 6.07) is 8.29. The number of aryl methyl sites for hydroxylation is 1. The molecule has 0 spiro atoms. The Bertz CT molecular complexity index is 430. The van der Waals surface area contributed by atoms with E-state index in [2.05, 4.69) is 46.7 Å². The van der Waals surface area contributed by atoms with E-state index >= 15 is 0 Å². The van der Waals surface area contributed by atoms with Gasteiger partial charge in [-0.15, -0.1) is 11.8 Å². The Morgan fingerprint density at radius 2 is 2.00 bits per heavy atom. The molecule has 1 aromatic rings. The van der Waals surface area contributed by atoms with E-state index in [1.807, 2.05) is 0 Å². The molecule has 0 aromatic heterocycles. The van der Waals surface area contributed by atoms with Crippen molar-refractivity contribution in [2.75, 3.05) is 45.0 Å². The third-order valence-corrected chi connectivity index (χ3v) is 4.59. The molecule has 1 aliphatic rings. The van der Waals surface area contributed by atoms with E-state index < -0.39 is 0 Å². The SMILES string of the molecule is Cc1ccc(SCC(=O)NCCCN2CCNCC2)cc1. The van der Waals surface area contributed by atoms with Crippen molar-refractivity contribution >= 4 is 17.7 Å². The number of thioether (sulfide) groups is 1. The predicted molar refractivity (Wildman–Crippen MR) is 88.8 cm³/mol. The van der Waals surface area contributed by atoms with Gasteiger partial charge in [0.05, 0.1) is 5.75 Å². The quantitative estimate of drug-likeness (QED) is 0.592. The van der Waals surface area contributed by atoms with Crippen LogP contribution >= 0.6 is 11.8 Å². The average Bonchev–Trinajstić information content (AvgIpc) is 2.52. The second kappa shape index (κ2) is 9.07. The molecule has 0 saturated carbocycles. The van der Waals surface area contributed by atoms with Gasteiger partial charge in [-0.25, -0.2) is 0 Å². The summed E-state index contributed by atoms with van der Waals surface area (Å²) >= 11 is 1.59. The molecule has 5 heteroatoms. The lowest BCUT2D eigenvalue weighted by Crippen LogP contribution is -2.44. The first-order valence-electron chi connectivity index (χ1n) is 7.63. The zero-order chi connectivity index (χ0) is 14.9. The molecule has 4 nitrogen and oxygen atoms in total. The van der Waals surface area contributed by atoms with Gasteiger partial charge in [-0.3, -0.25) is 4.79 Å². The monoisotopic (exact) mass is 307 g/mol. The van der Waals surface area contributed by atoms with Gasteiger partial charge in [0.15, 0.2) is 0 Å². The van der Waals surface area contributed by atoms with Gasteiger partial charge in [-0.05, 0) is 32.0 Å². The summed E-state index contributed by atoms with van der Waals surface area (Å²) in [4.78, 5) is 15.4. The highest BCUT2D eigenvalue weighted by molar-refractivity contribution is 8.00. The van der Waals surface area contributed by atoms with Crippen LogP contribution in [-0.4, -0.2) is 55.8 Å². The van der Waals surface area contributed by atoms with Crippen LogP contribution in [0.1, 0.15) is 12.0 Å². The minimum absolute atomic E-state index is 0.126. The van der Waals surface area contributed by atoms with Gasteiger partial charge in [0.2, 0.25) is 5.91 Å². The third-order valence-electron chi connectivity index (χ3n) is 3.57. The number of nitrogens with zero attached hydrogens (tertiary/aromatic N) is 1. The topological polar surface area (TPSA) is 44.4 Å². The van der Waals surface area contributed by atoms with Gasteiger partial charge >= 0.3 is 0 Å². The maximum absolute atomic E-state index is 11.8. The number of benzene rings is 1. The molecule has 1 aliphatic heterocycles. The largest absolute Gasteiger partial charge is 0.355 e. The van der Waals surface area contributed by atoms with Crippen LogP contribution in [-0.2, 0) is 4.79 Å². The van der Waals surface area contributed by atoms with Crippen molar-refractivity contribution in [2.45, 2.75) is 18.2 Å². The molecule has 1 saturated heterocycles. The van der Waals surface area contributed by atoms with E-state index in [4.69, 9.17) is 0 Å². The lowest BCUT2D eigenvalue weighted by atomic mass is 10.2. The fourth-order valence-electron chi connectivity index (χ4n) is 2.30. The second-order valence-electron chi connectivity index (χ2n) is 5.40. The molecular weight excluding hydrogens is 282 g/mol. The van der Waals surface area contributed by atoms with E-state index in [9.17, 15) is 4.79 Å². The Kier molecular flexibility index (Phi) is 7.06. The van der Waals surface area contributed by atoms with Crippen molar-refractivity contribution in [3.05, 3.63) is 29.8 Å². The molecule has 2 N–H and O–H groups in total. The molecule has 0 unspecified atom stereocenters. The molecule has 0 aliphatic carbocycles. The first-order chi connectivity index (χ1) is 10.2. The van der Waals surface area contributed by atoms with E-state index in [1.165, 1.54) is 5.56 Å². The Labute approximate surface area is 131 Å². The van der Waals surface area contributed by atoms with Gasteiger partial charge in [-0.2, -0.15) is 0 Å². The molecule has 0 bridgehead atoms. The van der Waals surface area contributed by atoms with Gasteiger partial charge in [0, 0.05) is 37.6 Å². The summed E-state index contributed by atoms with van der Waals surface area (Å²) in [5.41, 5.74) is 1.25. The maximum Gasteiger partial charge on any atom is 0.230 e. The Morgan fingerprint density at radius 1 is 1.29 bits per heavy atom. The molecule has 116 valence electrons. The first kappa shape index (κ1) is 16.3. The molecule has 0 radical (unpaired) electrons. The van der Waals surface area contributed by atoms with Crippen LogP contribution in [0.2, 0.25) is 0 Å². The number of piperazine rings is 1. The Morgan fingerprint density at radius 3 is 2.71 bits per heavy atom. The van der Waals surface area contributed by atoms with Crippen LogP contribution in [0.3, 0.4) is 0 Å². The lowest BCUT2D eigenvalue weighted by molar-refractivity contribution is -0.118. The normalized spacial score (nSPS) is 15.9. The molecule has 0 atom stereocenters. The molecule has 1 fully saturated rings. The molecule has 1 amide bonds. The number of hydrogen-bond acceptors (Lipinski definition) is 4. The number of amides is 1. The molecular formula is C16H25N3OS. The molecule has 21 heavy (non-hydrogen) atoms. The van der Waals surface area contributed by atoms with Crippen molar-refractivity contribution in [3.63, 3.8) is 0 Å². The van der Waals surface area contributed by atoms with Crippen molar-refractivity contribution in [1.29, 1.82) is 0 Å². The number of hydrogen-bond donors (Lipinski definition) is 2. The average molecular weight is 307 g/mol. The number of carbonyl (C=O) groups is 1.